The molecule has 0 bridgehead atoms. The first kappa shape index (κ1) is 18.6. The molecule has 1 unspecified atom stereocenters. The van der Waals surface area contributed by atoms with E-state index in [2.05, 4.69) is 15.2 Å². The van der Waals surface area contributed by atoms with Gasteiger partial charge in [-0.2, -0.15) is 0 Å². The van der Waals surface area contributed by atoms with Crippen molar-refractivity contribution in [2.24, 2.45) is 4.99 Å². The molecule has 3 rings (SSSR count). The van der Waals surface area contributed by atoms with Gasteiger partial charge in [-0.05, 0) is 62.5 Å². The molecule has 2 aromatic carbocycles. The maximum absolute atomic E-state index is 12.4. The van der Waals surface area contributed by atoms with E-state index in [0.29, 0.717) is 17.0 Å². The number of nitrogens with zero attached hydrogens (tertiary/aromatic N) is 2. The Morgan fingerprint density at radius 2 is 1.93 bits per heavy atom. The van der Waals surface area contributed by atoms with Crippen LogP contribution in [0, 0.1) is 0 Å². The Kier molecular flexibility index (Phi) is 5.23. The second-order valence-electron chi connectivity index (χ2n) is 6.70. The molecule has 140 valence electrons. The van der Waals surface area contributed by atoms with Crippen LogP contribution in [0.15, 0.2) is 47.5 Å². The van der Waals surface area contributed by atoms with Crippen LogP contribution in [-0.2, 0) is 11.3 Å². The van der Waals surface area contributed by atoms with Gasteiger partial charge in [0.25, 0.3) is 0 Å². The van der Waals surface area contributed by atoms with Gasteiger partial charge in [-0.25, -0.2) is 4.79 Å². The molecule has 0 saturated carbocycles. The number of anilines is 1. The molecular weight excluding hydrogens is 346 g/mol. The van der Waals surface area contributed by atoms with E-state index in [1.807, 2.05) is 38.4 Å². The van der Waals surface area contributed by atoms with Gasteiger partial charge < -0.3 is 20.1 Å². The molecule has 27 heavy (non-hydrogen) atoms. The zero-order valence-corrected chi connectivity index (χ0v) is 15.4. The van der Waals surface area contributed by atoms with Crippen LogP contribution in [-0.4, -0.2) is 41.9 Å². The second kappa shape index (κ2) is 7.59. The first-order valence-electron chi connectivity index (χ1n) is 8.48. The van der Waals surface area contributed by atoms with E-state index in [-0.39, 0.29) is 11.7 Å². The number of hydrogen-bond donors (Lipinski definition) is 2. The number of rotatable bonds is 5. The molecule has 0 radical (unpaired) electrons. The van der Waals surface area contributed by atoms with E-state index in [1.165, 1.54) is 11.6 Å². The number of carbonyl (C=O) groups excluding carboxylic acids is 1. The summed E-state index contributed by atoms with van der Waals surface area (Å²) in [7, 11) is 4.02. The van der Waals surface area contributed by atoms with Crippen molar-refractivity contribution < 1.29 is 19.4 Å². The molecule has 1 aliphatic rings. The Hall–Kier alpha value is -3.19. The topological polar surface area (TPSA) is 91.2 Å². The maximum atomic E-state index is 12.4. The van der Waals surface area contributed by atoms with Crippen LogP contribution in [0.3, 0.4) is 0 Å². The normalized spacial score (nSPS) is 16.2. The molecule has 0 spiro atoms. The Labute approximate surface area is 157 Å². The lowest BCUT2D eigenvalue weighted by molar-refractivity contribution is -0.115. The van der Waals surface area contributed by atoms with Crippen molar-refractivity contribution in [3.05, 3.63) is 53.6 Å². The third kappa shape index (κ3) is 4.32. The number of carbonyl (C=O) groups is 2. The van der Waals surface area contributed by atoms with E-state index < -0.39 is 12.1 Å². The quantitative estimate of drug-likeness (QED) is 0.478. The first-order chi connectivity index (χ1) is 12.8. The van der Waals surface area contributed by atoms with Crippen molar-refractivity contribution in [1.82, 2.24) is 4.90 Å². The molecule has 0 saturated heterocycles. The molecule has 7 nitrogen and oxygen atoms in total. The largest absolute Gasteiger partial charge is 0.511 e. The van der Waals surface area contributed by atoms with E-state index >= 15 is 0 Å². The van der Waals surface area contributed by atoms with Crippen LogP contribution >= 0.6 is 0 Å². The lowest BCUT2D eigenvalue weighted by Gasteiger charge is -2.11. The minimum Gasteiger partial charge on any atom is -0.449 e. The molecule has 0 fully saturated rings. The summed E-state index contributed by atoms with van der Waals surface area (Å²) < 4.78 is 4.70. The minimum atomic E-state index is -1.40. The van der Waals surface area contributed by atoms with Gasteiger partial charge >= 0.3 is 6.16 Å². The van der Waals surface area contributed by atoms with Crippen molar-refractivity contribution in [3.63, 3.8) is 0 Å². The van der Waals surface area contributed by atoms with Crippen LogP contribution in [0.1, 0.15) is 24.0 Å². The highest BCUT2D eigenvalue weighted by molar-refractivity contribution is 6.18. The number of ether oxygens (including phenoxy) is 1. The molecule has 1 amide bonds. The van der Waals surface area contributed by atoms with Gasteiger partial charge in [-0.3, -0.25) is 9.79 Å². The lowest BCUT2D eigenvalue weighted by atomic mass is 9.96. The van der Waals surface area contributed by atoms with Gasteiger partial charge in [-0.15, -0.1) is 0 Å². The molecular formula is C20H21N3O4. The highest BCUT2D eigenvalue weighted by Crippen LogP contribution is 2.36. The third-order valence-electron chi connectivity index (χ3n) is 4.22. The fourth-order valence-electron chi connectivity index (χ4n) is 3.13. The molecule has 1 atom stereocenters. The number of amides is 1. The van der Waals surface area contributed by atoms with Crippen LogP contribution in [0.4, 0.5) is 16.2 Å². The molecule has 0 aliphatic carbocycles. The minimum absolute atomic E-state index is 0.170. The van der Waals surface area contributed by atoms with Crippen LogP contribution in [0.2, 0.25) is 0 Å². The fraction of sp³-hybridized carbons (Fsp3) is 0.250. The summed E-state index contributed by atoms with van der Waals surface area (Å²) in [6.45, 7) is 2.63. The van der Waals surface area contributed by atoms with E-state index in [4.69, 9.17) is 9.84 Å². The Balaban J connectivity index is 1.86. The number of aliphatic imine (C=N–C) groups is 1. The Bertz CT molecular complexity index is 904. The summed E-state index contributed by atoms with van der Waals surface area (Å²) in [4.78, 5) is 29.8. The molecule has 0 aromatic heterocycles. The average Bonchev–Trinajstić information content (AvgIpc) is 2.91. The average molecular weight is 367 g/mol. The second-order valence-corrected chi connectivity index (χ2v) is 6.70. The van der Waals surface area contributed by atoms with E-state index in [9.17, 15) is 9.59 Å². The standard InChI is InChI=1S/C20H21N3O4/c1-12(21-14-6-4-13(5-7-14)11-23(2)3)18-16-10-15(27-20(25)26)8-9-17(16)22-19(18)24/h4-10,18H,11H2,1-3H3,(H,22,24)(H,25,26). The monoisotopic (exact) mass is 367 g/mol. The highest BCUT2D eigenvalue weighted by atomic mass is 16.7. The third-order valence-corrected chi connectivity index (χ3v) is 4.22. The summed E-state index contributed by atoms with van der Waals surface area (Å²) in [5.41, 5.74) is 3.85. The number of fused-ring (bicyclic) bond motifs is 1. The van der Waals surface area contributed by atoms with Gasteiger partial charge in [0.05, 0.1) is 5.69 Å². The zero-order valence-electron chi connectivity index (χ0n) is 15.4. The van der Waals surface area contributed by atoms with Crippen molar-refractivity contribution in [2.75, 3.05) is 19.4 Å². The number of nitrogens with one attached hydrogen (secondary N) is 1. The SMILES string of the molecule is CC(=Nc1ccc(CN(C)C)cc1)C1C(=O)Nc2ccc(OC(=O)O)cc21. The van der Waals surface area contributed by atoms with Crippen molar-refractivity contribution in [3.8, 4) is 5.75 Å². The number of benzene rings is 2. The zero-order chi connectivity index (χ0) is 19.6. The number of hydrogen-bond acceptors (Lipinski definition) is 5. The summed E-state index contributed by atoms with van der Waals surface area (Å²) >= 11 is 0. The fourth-order valence-corrected chi connectivity index (χ4v) is 3.13. The van der Waals surface area contributed by atoms with Gasteiger partial charge in [0.1, 0.15) is 11.7 Å². The van der Waals surface area contributed by atoms with Gasteiger partial charge in [-0.1, -0.05) is 12.1 Å². The summed E-state index contributed by atoms with van der Waals surface area (Å²) in [5.74, 6) is -0.606. The van der Waals surface area contributed by atoms with Gasteiger partial charge in [0.2, 0.25) is 5.91 Å². The lowest BCUT2D eigenvalue weighted by Crippen LogP contribution is -2.18. The summed E-state index contributed by atoms with van der Waals surface area (Å²) in [6.07, 6.45) is -1.40. The Morgan fingerprint density at radius 3 is 2.56 bits per heavy atom. The molecule has 1 heterocycles. The molecule has 2 aromatic rings. The molecule has 1 aliphatic heterocycles. The molecule has 7 heteroatoms. The van der Waals surface area contributed by atoms with Crippen LogP contribution in [0.25, 0.3) is 0 Å². The summed E-state index contributed by atoms with van der Waals surface area (Å²) in [5, 5.41) is 11.6. The van der Waals surface area contributed by atoms with Crippen LogP contribution < -0.4 is 10.1 Å². The summed E-state index contributed by atoms with van der Waals surface area (Å²) in [6, 6.07) is 12.5. The first-order valence-corrected chi connectivity index (χ1v) is 8.48. The van der Waals surface area contributed by atoms with E-state index in [0.717, 1.165) is 12.2 Å². The van der Waals surface area contributed by atoms with Gasteiger partial charge in [0.15, 0.2) is 0 Å². The van der Waals surface area contributed by atoms with Crippen molar-refractivity contribution in [1.29, 1.82) is 0 Å². The van der Waals surface area contributed by atoms with Crippen LogP contribution in [0.5, 0.6) is 5.75 Å². The van der Waals surface area contributed by atoms with Gasteiger partial charge in [0, 0.05) is 17.9 Å². The predicted octanol–water partition coefficient (Wildman–Crippen LogP) is 3.63. The maximum Gasteiger partial charge on any atom is 0.511 e. The van der Waals surface area contributed by atoms with E-state index in [1.54, 1.807) is 19.1 Å². The smallest absolute Gasteiger partial charge is 0.449 e. The van der Waals surface area contributed by atoms with Crippen molar-refractivity contribution >= 4 is 29.1 Å². The highest BCUT2D eigenvalue weighted by Gasteiger charge is 2.33. The Morgan fingerprint density at radius 1 is 1.22 bits per heavy atom. The van der Waals surface area contributed by atoms with Crippen molar-refractivity contribution in [2.45, 2.75) is 19.4 Å². The predicted molar refractivity (Wildman–Crippen MR) is 103 cm³/mol. The number of carboxylic acid groups (broad SMARTS) is 1. The molecule has 2 N–H and O–H groups in total.